The van der Waals surface area contributed by atoms with Gasteiger partial charge in [0.05, 0.1) is 4.90 Å². The molecule has 0 unspecified atom stereocenters. The molecule has 3 rings (SSSR count). The molecular formula is C15H23ClN2O2S. The first-order valence-electron chi connectivity index (χ1n) is 7.42. The summed E-state index contributed by atoms with van der Waals surface area (Å²) in [5.41, 5.74) is 7.17. The van der Waals surface area contributed by atoms with E-state index < -0.39 is 10.0 Å². The van der Waals surface area contributed by atoms with Crippen molar-refractivity contribution in [1.29, 1.82) is 0 Å². The molecule has 1 aliphatic carbocycles. The highest BCUT2D eigenvalue weighted by molar-refractivity contribution is 7.89. The summed E-state index contributed by atoms with van der Waals surface area (Å²) in [6.07, 6.45) is 6.03. The van der Waals surface area contributed by atoms with E-state index in [9.17, 15) is 8.42 Å². The average Bonchev–Trinajstić information content (AvgIpc) is 2.72. The fourth-order valence-corrected chi connectivity index (χ4v) is 5.08. The van der Waals surface area contributed by atoms with Gasteiger partial charge < -0.3 is 5.73 Å². The largest absolute Gasteiger partial charge is 0.326 e. The van der Waals surface area contributed by atoms with Crippen LogP contribution in [0.4, 0.5) is 0 Å². The zero-order valence-electron chi connectivity index (χ0n) is 12.1. The van der Waals surface area contributed by atoms with E-state index in [0.29, 0.717) is 23.9 Å². The molecule has 1 aromatic rings. The zero-order valence-corrected chi connectivity index (χ0v) is 13.7. The van der Waals surface area contributed by atoms with Crippen LogP contribution in [0.25, 0.3) is 0 Å². The first-order valence-corrected chi connectivity index (χ1v) is 8.86. The molecule has 0 radical (unpaired) electrons. The lowest BCUT2D eigenvalue weighted by Gasteiger charge is -2.29. The Hall–Kier alpha value is -0.620. The van der Waals surface area contributed by atoms with Crippen molar-refractivity contribution in [3.63, 3.8) is 0 Å². The van der Waals surface area contributed by atoms with E-state index in [2.05, 4.69) is 0 Å². The summed E-state index contributed by atoms with van der Waals surface area (Å²) < 4.78 is 26.5. The highest BCUT2D eigenvalue weighted by Crippen LogP contribution is 2.32. The Labute approximate surface area is 133 Å². The first-order chi connectivity index (χ1) is 9.59. The fraction of sp³-hybridized carbons (Fsp3) is 0.600. The Morgan fingerprint density at radius 1 is 1.19 bits per heavy atom. The van der Waals surface area contributed by atoms with Crippen LogP contribution in [0.3, 0.4) is 0 Å². The van der Waals surface area contributed by atoms with E-state index in [0.717, 1.165) is 18.4 Å². The second-order valence-electron chi connectivity index (χ2n) is 5.97. The van der Waals surface area contributed by atoms with Gasteiger partial charge in [0.15, 0.2) is 0 Å². The monoisotopic (exact) mass is 330 g/mol. The average molecular weight is 331 g/mol. The van der Waals surface area contributed by atoms with Gasteiger partial charge in [-0.25, -0.2) is 8.42 Å². The Bertz CT molecular complexity index is 585. The van der Waals surface area contributed by atoms with Crippen molar-refractivity contribution in [2.45, 2.75) is 49.6 Å². The van der Waals surface area contributed by atoms with Gasteiger partial charge in [-0.2, -0.15) is 4.31 Å². The standard InChI is InChI=1S/C15H22N2O2S.ClH/c16-14(12-6-2-1-3-7-12)11-17-10-13-8-4-5-9-15(13)20(17,18)19;/h4-5,8-9,12,14H,1-3,6-7,10-11,16H2;1H/t14-;/m1./s1. The predicted octanol–water partition coefficient (Wildman–Crippen LogP) is 2.52. The maximum atomic E-state index is 12.5. The first kappa shape index (κ1) is 16.7. The molecule has 1 aliphatic heterocycles. The summed E-state index contributed by atoms with van der Waals surface area (Å²) in [5, 5.41) is 0. The van der Waals surface area contributed by atoms with E-state index in [1.807, 2.05) is 12.1 Å². The lowest BCUT2D eigenvalue weighted by atomic mass is 9.84. The highest BCUT2D eigenvalue weighted by atomic mass is 35.5. The van der Waals surface area contributed by atoms with Gasteiger partial charge in [0.1, 0.15) is 0 Å². The molecule has 0 amide bonds. The number of halogens is 1. The van der Waals surface area contributed by atoms with Gasteiger partial charge in [0, 0.05) is 19.1 Å². The van der Waals surface area contributed by atoms with E-state index in [4.69, 9.17) is 5.73 Å². The van der Waals surface area contributed by atoms with E-state index in [1.165, 1.54) is 19.3 Å². The van der Waals surface area contributed by atoms with Crippen LogP contribution in [-0.4, -0.2) is 25.3 Å². The fourth-order valence-electron chi connectivity index (χ4n) is 3.41. The van der Waals surface area contributed by atoms with Gasteiger partial charge in [-0.05, 0) is 30.4 Å². The molecule has 1 saturated carbocycles. The number of nitrogens with zero attached hydrogens (tertiary/aromatic N) is 1. The van der Waals surface area contributed by atoms with E-state index in [1.54, 1.807) is 16.4 Å². The molecule has 2 N–H and O–H groups in total. The lowest BCUT2D eigenvalue weighted by Crippen LogP contribution is -2.43. The smallest absolute Gasteiger partial charge is 0.243 e. The van der Waals surface area contributed by atoms with Crippen LogP contribution in [0, 0.1) is 5.92 Å². The summed E-state index contributed by atoms with van der Waals surface area (Å²) in [6.45, 7) is 0.917. The third kappa shape index (κ3) is 3.26. The Kier molecular flexibility index (Phi) is 5.30. The lowest BCUT2D eigenvalue weighted by molar-refractivity contribution is 0.266. The number of rotatable bonds is 3. The molecule has 21 heavy (non-hydrogen) atoms. The summed E-state index contributed by atoms with van der Waals surface area (Å²) in [4.78, 5) is 0.454. The second-order valence-corrected chi connectivity index (χ2v) is 7.87. The quantitative estimate of drug-likeness (QED) is 0.926. The van der Waals surface area contributed by atoms with Crippen molar-refractivity contribution >= 4 is 22.4 Å². The SMILES string of the molecule is Cl.N[C@H](CN1Cc2ccccc2S1(=O)=O)C1CCCCC1. The molecular weight excluding hydrogens is 308 g/mol. The van der Waals surface area contributed by atoms with Gasteiger partial charge in [0.2, 0.25) is 10.0 Å². The highest BCUT2D eigenvalue weighted by Gasteiger charge is 2.36. The Morgan fingerprint density at radius 2 is 1.86 bits per heavy atom. The number of sulfonamides is 1. The van der Waals surface area contributed by atoms with Crippen molar-refractivity contribution in [3.8, 4) is 0 Å². The van der Waals surface area contributed by atoms with Gasteiger partial charge in [-0.3, -0.25) is 0 Å². The molecule has 0 saturated heterocycles. The van der Waals surface area contributed by atoms with Crippen LogP contribution in [0.1, 0.15) is 37.7 Å². The number of fused-ring (bicyclic) bond motifs is 1. The van der Waals surface area contributed by atoms with Gasteiger partial charge >= 0.3 is 0 Å². The summed E-state index contributed by atoms with van der Waals surface area (Å²) in [6, 6.07) is 7.20. The molecule has 4 nitrogen and oxygen atoms in total. The number of hydrogen-bond donors (Lipinski definition) is 1. The molecule has 118 valence electrons. The van der Waals surface area contributed by atoms with Crippen LogP contribution in [-0.2, 0) is 16.6 Å². The van der Waals surface area contributed by atoms with E-state index in [-0.39, 0.29) is 18.4 Å². The maximum Gasteiger partial charge on any atom is 0.243 e. The van der Waals surface area contributed by atoms with Crippen LogP contribution in [0.5, 0.6) is 0 Å². The van der Waals surface area contributed by atoms with Crippen molar-refractivity contribution in [2.24, 2.45) is 11.7 Å². The molecule has 1 aromatic carbocycles. The van der Waals surface area contributed by atoms with Gasteiger partial charge in [-0.1, -0.05) is 37.5 Å². The van der Waals surface area contributed by atoms with Crippen molar-refractivity contribution in [3.05, 3.63) is 29.8 Å². The zero-order chi connectivity index (χ0) is 14.2. The topological polar surface area (TPSA) is 63.4 Å². The van der Waals surface area contributed by atoms with Crippen molar-refractivity contribution in [2.75, 3.05) is 6.54 Å². The van der Waals surface area contributed by atoms with Crippen molar-refractivity contribution in [1.82, 2.24) is 4.31 Å². The molecule has 6 heteroatoms. The number of hydrogen-bond acceptors (Lipinski definition) is 3. The number of benzene rings is 1. The molecule has 2 aliphatic rings. The van der Waals surface area contributed by atoms with Gasteiger partial charge in [-0.15, -0.1) is 12.4 Å². The summed E-state index contributed by atoms with van der Waals surface area (Å²) in [5.74, 6) is 0.475. The number of nitrogens with two attached hydrogens (primary N) is 1. The summed E-state index contributed by atoms with van der Waals surface area (Å²) in [7, 11) is -3.33. The molecule has 0 aromatic heterocycles. The molecule has 1 heterocycles. The van der Waals surface area contributed by atoms with Crippen molar-refractivity contribution < 1.29 is 8.42 Å². The Balaban J connectivity index is 0.00000161. The minimum Gasteiger partial charge on any atom is -0.326 e. The van der Waals surface area contributed by atoms with Crippen LogP contribution >= 0.6 is 12.4 Å². The maximum absolute atomic E-state index is 12.5. The molecule has 0 bridgehead atoms. The Morgan fingerprint density at radius 3 is 2.52 bits per heavy atom. The normalized spacial score (nSPS) is 23.3. The second kappa shape index (κ2) is 6.65. The molecule has 1 fully saturated rings. The minimum absolute atomic E-state index is 0. The summed E-state index contributed by atoms with van der Waals surface area (Å²) >= 11 is 0. The molecule has 0 spiro atoms. The molecule has 1 atom stereocenters. The third-order valence-corrected chi connectivity index (χ3v) is 6.52. The predicted molar refractivity (Wildman–Crippen MR) is 85.8 cm³/mol. The van der Waals surface area contributed by atoms with E-state index >= 15 is 0 Å². The van der Waals surface area contributed by atoms with Crippen LogP contribution in [0.15, 0.2) is 29.2 Å². The van der Waals surface area contributed by atoms with Crippen LogP contribution in [0.2, 0.25) is 0 Å². The van der Waals surface area contributed by atoms with Gasteiger partial charge in [0.25, 0.3) is 0 Å². The minimum atomic E-state index is -3.33. The van der Waals surface area contributed by atoms with Crippen LogP contribution < -0.4 is 5.73 Å². The third-order valence-electron chi connectivity index (χ3n) is 4.61.